The van der Waals surface area contributed by atoms with Gasteiger partial charge in [0.05, 0.1) is 22.9 Å². The van der Waals surface area contributed by atoms with Crippen molar-refractivity contribution >= 4 is 32.5 Å². The van der Waals surface area contributed by atoms with Crippen molar-refractivity contribution in [1.82, 2.24) is 9.97 Å². The summed E-state index contributed by atoms with van der Waals surface area (Å²) >= 11 is 3.19. The van der Waals surface area contributed by atoms with Crippen LogP contribution < -0.4 is 16.0 Å². The Kier molecular flexibility index (Phi) is 3.34. The molecule has 3 rings (SSSR count). The van der Waals surface area contributed by atoms with E-state index in [4.69, 9.17) is 10.5 Å². The molecule has 0 atom stereocenters. The lowest BCUT2D eigenvalue weighted by Gasteiger charge is -2.10. The maximum absolute atomic E-state index is 13.3. The molecule has 0 aliphatic rings. The summed E-state index contributed by atoms with van der Waals surface area (Å²) < 4.78 is 19.5. The number of anilines is 1. The quantitative estimate of drug-likeness (QED) is 0.696. The van der Waals surface area contributed by atoms with Gasteiger partial charge in [-0.1, -0.05) is 15.9 Å². The maximum atomic E-state index is 13.3. The summed E-state index contributed by atoms with van der Waals surface area (Å²) in [6.45, 7) is 0. The number of rotatable bonds is 2. The van der Waals surface area contributed by atoms with E-state index in [1.165, 1.54) is 24.5 Å². The number of fused-ring (bicyclic) bond motifs is 1. The number of nitrogen functional groups attached to an aromatic ring is 1. The van der Waals surface area contributed by atoms with Crippen LogP contribution >= 0.6 is 15.9 Å². The minimum Gasteiger partial charge on any atom is -0.455 e. The van der Waals surface area contributed by atoms with Gasteiger partial charge in [0.2, 0.25) is 0 Å². The molecule has 3 N–H and O–H groups in total. The summed E-state index contributed by atoms with van der Waals surface area (Å²) in [7, 11) is 0. The van der Waals surface area contributed by atoms with E-state index in [1.807, 2.05) is 0 Å². The summed E-state index contributed by atoms with van der Waals surface area (Å²) in [5.74, 6) is 0.157. The molecule has 106 valence electrons. The number of benzene rings is 2. The lowest BCUT2D eigenvalue weighted by molar-refractivity contribution is 0.479. The molecule has 0 aliphatic heterocycles. The summed E-state index contributed by atoms with van der Waals surface area (Å²) in [5.41, 5.74) is 6.29. The number of nitrogens with one attached hydrogen (secondary N) is 1. The largest absolute Gasteiger partial charge is 0.455 e. The predicted molar refractivity (Wildman–Crippen MR) is 81.0 cm³/mol. The number of halogens is 2. The van der Waals surface area contributed by atoms with E-state index < -0.39 is 5.82 Å². The second-order valence-electron chi connectivity index (χ2n) is 4.35. The number of aromatic nitrogens is 2. The number of H-pyrrole nitrogens is 1. The molecule has 0 spiro atoms. The fourth-order valence-electron chi connectivity index (χ4n) is 1.92. The zero-order chi connectivity index (χ0) is 15.0. The molecule has 0 saturated heterocycles. The molecular weight excluding hydrogens is 341 g/mol. The molecule has 0 bridgehead atoms. The summed E-state index contributed by atoms with van der Waals surface area (Å²) in [4.78, 5) is 18.2. The van der Waals surface area contributed by atoms with Crippen LogP contribution in [0.1, 0.15) is 0 Å². The zero-order valence-corrected chi connectivity index (χ0v) is 12.1. The highest BCUT2D eigenvalue weighted by molar-refractivity contribution is 9.10. The van der Waals surface area contributed by atoms with Crippen LogP contribution in [-0.2, 0) is 0 Å². The van der Waals surface area contributed by atoms with Gasteiger partial charge in [-0.3, -0.25) is 4.79 Å². The van der Waals surface area contributed by atoms with Gasteiger partial charge in [0.1, 0.15) is 11.6 Å². The Balaban J connectivity index is 2.08. The fraction of sp³-hybridized carbons (Fsp3) is 0. The first-order valence-electron chi connectivity index (χ1n) is 5.94. The number of nitrogens with two attached hydrogens (primary N) is 1. The number of hydrogen-bond donors (Lipinski definition) is 2. The fourth-order valence-corrected chi connectivity index (χ4v) is 2.36. The molecule has 0 fully saturated rings. The van der Waals surface area contributed by atoms with Crippen molar-refractivity contribution in [2.75, 3.05) is 5.73 Å². The third-order valence-corrected chi connectivity index (χ3v) is 3.29. The van der Waals surface area contributed by atoms with Crippen LogP contribution in [0.5, 0.6) is 11.5 Å². The Morgan fingerprint density at radius 2 is 2.05 bits per heavy atom. The molecule has 0 amide bonds. The number of ether oxygens (including phenoxy) is 1. The van der Waals surface area contributed by atoms with E-state index in [2.05, 4.69) is 25.9 Å². The number of nitrogens with zero attached hydrogens (tertiary/aromatic N) is 1. The van der Waals surface area contributed by atoms with Gasteiger partial charge in [-0.15, -0.1) is 0 Å². The van der Waals surface area contributed by atoms with Gasteiger partial charge in [-0.05, 0) is 18.2 Å². The monoisotopic (exact) mass is 349 g/mol. The van der Waals surface area contributed by atoms with Crippen LogP contribution in [0.3, 0.4) is 0 Å². The first-order valence-corrected chi connectivity index (χ1v) is 6.73. The Labute approximate surface area is 126 Å². The van der Waals surface area contributed by atoms with Gasteiger partial charge in [0.15, 0.2) is 5.75 Å². The summed E-state index contributed by atoms with van der Waals surface area (Å²) in [5, 5.41) is 0.364. The van der Waals surface area contributed by atoms with E-state index in [9.17, 15) is 9.18 Å². The van der Waals surface area contributed by atoms with Crippen LogP contribution in [0.15, 0.2) is 45.9 Å². The van der Waals surface area contributed by atoms with Gasteiger partial charge in [-0.25, -0.2) is 9.37 Å². The third-order valence-electron chi connectivity index (χ3n) is 2.84. The average molecular weight is 350 g/mol. The molecule has 0 unspecified atom stereocenters. The predicted octanol–water partition coefficient (Wildman–Crippen LogP) is 3.20. The summed E-state index contributed by atoms with van der Waals surface area (Å²) in [6.07, 6.45) is 1.30. The summed E-state index contributed by atoms with van der Waals surface area (Å²) in [6, 6.07) is 7.18. The number of hydrogen-bond acceptors (Lipinski definition) is 4. The van der Waals surface area contributed by atoms with E-state index in [0.717, 1.165) is 0 Å². The van der Waals surface area contributed by atoms with E-state index in [1.54, 1.807) is 12.1 Å². The van der Waals surface area contributed by atoms with Gasteiger partial charge in [-0.2, -0.15) is 0 Å². The van der Waals surface area contributed by atoms with E-state index >= 15 is 0 Å². The smallest absolute Gasteiger partial charge is 0.258 e. The van der Waals surface area contributed by atoms with Gasteiger partial charge in [0, 0.05) is 16.6 Å². The minimum absolute atomic E-state index is 0.265. The lowest BCUT2D eigenvalue weighted by Crippen LogP contribution is -2.07. The standard InChI is InChI=1S/C14H9BrFN3O2/c15-7-1-8(16)3-9(2-7)21-13-5-12-10(4-11(13)17)14(20)19-6-18-12/h1-6H,17H2,(H,18,19,20). The van der Waals surface area contributed by atoms with Crippen molar-refractivity contribution in [3.05, 3.63) is 57.3 Å². The molecule has 3 aromatic rings. The first kappa shape index (κ1) is 13.6. The molecule has 0 radical (unpaired) electrons. The van der Waals surface area contributed by atoms with Crippen LogP contribution in [0.25, 0.3) is 10.9 Å². The van der Waals surface area contributed by atoms with Crippen molar-refractivity contribution in [2.24, 2.45) is 0 Å². The Hall–Kier alpha value is -2.41. The van der Waals surface area contributed by atoms with Crippen LogP contribution in [0.4, 0.5) is 10.1 Å². The topological polar surface area (TPSA) is 81.0 Å². The highest BCUT2D eigenvalue weighted by atomic mass is 79.9. The second kappa shape index (κ2) is 5.17. The van der Waals surface area contributed by atoms with Crippen molar-refractivity contribution in [3.63, 3.8) is 0 Å². The Bertz CT molecular complexity index is 875. The molecule has 21 heavy (non-hydrogen) atoms. The second-order valence-corrected chi connectivity index (χ2v) is 5.26. The average Bonchev–Trinajstić information content (AvgIpc) is 2.40. The number of aromatic amines is 1. The van der Waals surface area contributed by atoms with E-state index in [0.29, 0.717) is 21.1 Å². The molecule has 5 nitrogen and oxygen atoms in total. The van der Waals surface area contributed by atoms with Gasteiger partial charge < -0.3 is 15.5 Å². The molecule has 0 saturated carbocycles. The molecule has 1 aromatic heterocycles. The minimum atomic E-state index is -0.437. The molecule has 0 aliphatic carbocycles. The molecule has 2 aromatic carbocycles. The highest BCUT2D eigenvalue weighted by Crippen LogP contribution is 2.31. The van der Waals surface area contributed by atoms with Crippen LogP contribution in [0.2, 0.25) is 0 Å². The van der Waals surface area contributed by atoms with Crippen molar-refractivity contribution in [2.45, 2.75) is 0 Å². The Morgan fingerprint density at radius 3 is 2.81 bits per heavy atom. The van der Waals surface area contributed by atoms with Crippen molar-refractivity contribution in [1.29, 1.82) is 0 Å². The normalized spacial score (nSPS) is 10.8. The van der Waals surface area contributed by atoms with E-state index in [-0.39, 0.29) is 17.0 Å². The maximum Gasteiger partial charge on any atom is 0.258 e. The first-order chi connectivity index (χ1) is 10.0. The van der Waals surface area contributed by atoms with Gasteiger partial charge >= 0.3 is 0 Å². The lowest BCUT2D eigenvalue weighted by atomic mass is 10.2. The SMILES string of the molecule is Nc1cc2c(=O)[nH]cnc2cc1Oc1cc(F)cc(Br)c1. The van der Waals surface area contributed by atoms with Crippen molar-refractivity contribution in [3.8, 4) is 11.5 Å². The molecule has 1 heterocycles. The zero-order valence-electron chi connectivity index (χ0n) is 10.6. The van der Waals surface area contributed by atoms with Crippen LogP contribution in [-0.4, -0.2) is 9.97 Å². The third kappa shape index (κ3) is 2.73. The van der Waals surface area contributed by atoms with Crippen molar-refractivity contribution < 1.29 is 9.13 Å². The van der Waals surface area contributed by atoms with Gasteiger partial charge in [0.25, 0.3) is 5.56 Å². The Morgan fingerprint density at radius 1 is 1.24 bits per heavy atom. The molecular formula is C14H9BrFN3O2. The van der Waals surface area contributed by atoms with Crippen LogP contribution in [0, 0.1) is 5.82 Å². The highest BCUT2D eigenvalue weighted by Gasteiger charge is 2.09. The molecule has 7 heteroatoms.